The van der Waals surface area contributed by atoms with E-state index in [9.17, 15) is 0 Å². The fraction of sp³-hybridized carbons (Fsp3) is 0.0526. The summed E-state index contributed by atoms with van der Waals surface area (Å²) in [6.07, 6.45) is 13.2. The van der Waals surface area contributed by atoms with Gasteiger partial charge in [-0.05, 0) is 19.1 Å². The van der Waals surface area contributed by atoms with Crippen LogP contribution in [0.4, 0.5) is 0 Å². The van der Waals surface area contributed by atoms with E-state index in [1.54, 1.807) is 12.4 Å². The number of hydrogen-bond acceptors (Lipinski definition) is 4. The number of rotatable bonds is 2. The molecule has 25 heavy (non-hydrogen) atoms. The number of nitrogens with one attached hydrogen (secondary N) is 1. The highest BCUT2D eigenvalue weighted by Gasteiger charge is 2.11. The molecular weight excluding hydrogens is 312 g/mol. The van der Waals surface area contributed by atoms with Crippen LogP contribution in [0.1, 0.15) is 5.69 Å². The maximum Gasteiger partial charge on any atom is 0.233 e. The predicted molar refractivity (Wildman–Crippen MR) is 96.0 cm³/mol. The molecule has 0 unspecified atom stereocenters. The Bertz CT molecular complexity index is 1220. The first-order valence-corrected chi connectivity index (χ1v) is 7.98. The van der Waals surface area contributed by atoms with Crippen LogP contribution in [0.25, 0.3) is 39.1 Å². The molecule has 0 fully saturated rings. The summed E-state index contributed by atoms with van der Waals surface area (Å²) in [5, 5.41) is 1.06. The number of pyridine rings is 2. The maximum absolute atomic E-state index is 4.57. The van der Waals surface area contributed by atoms with Crippen LogP contribution >= 0.6 is 0 Å². The summed E-state index contributed by atoms with van der Waals surface area (Å²) in [5.74, 6) is 0.688. The highest BCUT2D eigenvalue weighted by atomic mass is 15.1. The number of aryl methyl sites for hydroxylation is 1. The fourth-order valence-corrected chi connectivity index (χ4v) is 3.13. The molecule has 5 aromatic heterocycles. The van der Waals surface area contributed by atoms with Gasteiger partial charge in [-0.2, -0.15) is 0 Å². The van der Waals surface area contributed by atoms with E-state index in [1.165, 1.54) is 0 Å². The highest BCUT2D eigenvalue weighted by Crippen LogP contribution is 2.31. The zero-order valence-electron chi connectivity index (χ0n) is 13.5. The molecule has 0 aromatic carbocycles. The van der Waals surface area contributed by atoms with Crippen LogP contribution < -0.4 is 0 Å². The summed E-state index contributed by atoms with van der Waals surface area (Å²) >= 11 is 0. The van der Waals surface area contributed by atoms with Gasteiger partial charge < -0.3 is 4.98 Å². The number of aromatic amines is 1. The average molecular weight is 326 g/mol. The van der Waals surface area contributed by atoms with E-state index < -0.39 is 0 Å². The van der Waals surface area contributed by atoms with Gasteiger partial charge in [0.1, 0.15) is 5.65 Å². The molecule has 5 aromatic rings. The number of imidazole rings is 1. The van der Waals surface area contributed by atoms with Crippen molar-refractivity contribution in [2.75, 3.05) is 0 Å². The van der Waals surface area contributed by atoms with E-state index >= 15 is 0 Å². The molecule has 6 nitrogen and oxygen atoms in total. The lowest BCUT2D eigenvalue weighted by molar-refractivity contribution is 1.11. The quantitative estimate of drug-likeness (QED) is 0.537. The monoisotopic (exact) mass is 326 g/mol. The number of fused-ring (bicyclic) bond motifs is 2. The average Bonchev–Trinajstić information content (AvgIpc) is 3.27. The van der Waals surface area contributed by atoms with Crippen LogP contribution in [-0.2, 0) is 0 Å². The molecule has 0 saturated carbocycles. The van der Waals surface area contributed by atoms with Crippen LogP contribution in [0.2, 0.25) is 0 Å². The van der Waals surface area contributed by atoms with Gasteiger partial charge in [0, 0.05) is 76.7 Å². The molecule has 0 saturated heterocycles. The molecule has 0 aliphatic heterocycles. The van der Waals surface area contributed by atoms with E-state index in [4.69, 9.17) is 0 Å². The third-order valence-corrected chi connectivity index (χ3v) is 4.41. The molecule has 1 N–H and O–H groups in total. The summed E-state index contributed by atoms with van der Waals surface area (Å²) < 4.78 is 1.91. The Balaban J connectivity index is 1.71. The van der Waals surface area contributed by atoms with Crippen molar-refractivity contribution in [3.05, 3.63) is 67.3 Å². The van der Waals surface area contributed by atoms with Crippen LogP contribution in [0.3, 0.4) is 0 Å². The van der Waals surface area contributed by atoms with Crippen molar-refractivity contribution in [2.45, 2.75) is 6.92 Å². The minimum atomic E-state index is 0.688. The van der Waals surface area contributed by atoms with Crippen molar-refractivity contribution in [2.24, 2.45) is 0 Å². The second kappa shape index (κ2) is 5.24. The predicted octanol–water partition coefficient (Wildman–Crippen LogP) is 3.64. The van der Waals surface area contributed by atoms with Crippen LogP contribution in [-0.4, -0.2) is 29.3 Å². The molecule has 0 radical (unpaired) electrons. The molecule has 6 heteroatoms. The Hall–Kier alpha value is -3.54. The van der Waals surface area contributed by atoms with Crippen molar-refractivity contribution in [3.63, 3.8) is 0 Å². The zero-order valence-corrected chi connectivity index (χ0v) is 13.5. The van der Waals surface area contributed by atoms with Gasteiger partial charge in [0.2, 0.25) is 5.78 Å². The summed E-state index contributed by atoms with van der Waals surface area (Å²) in [4.78, 5) is 20.8. The van der Waals surface area contributed by atoms with Crippen LogP contribution in [0.5, 0.6) is 0 Å². The summed E-state index contributed by atoms with van der Waals surface area (Å²) in [6.45, 7) is 2.01. The molecule has 0 bridgehead atoms. The summed E-state index contributed by atoms with van der Waals surface area (Å²) in [6, 6.07) is 6.16. The van der Waals surface area contributed by atoms with Crippen molar-refractivity contribution in [1.29, 1.82) is 0 Å². The number of nitrogens with zero attached hydrogens (tertiary/aromatic N) is 5. The van der Waals surface area contributed by atoms with E-state index in [2.05, 4.69) is 37.1 Å². The molecule has 0 aliphatic rings. The van der Waals surface area contributed by atoms with Gasteiger partial charge in [0.15, 0.2) is 0 Å². The summed E-state index contributed by atoms with van der Waals surface area (Å²) in [7, 11) is 0. The lowest BCUT2D eigenvalue weighted by Gasteiger charge is -2.06. The molecule has 0 spiro atoms. The summed E-state index contributed by atoms with van der Waals surface area (Å²) in [5.41, 5.74) is 6.06. The first-order chi connectivity index (χ1) is 12.3. The lowest BCUT2D eigenvalue weighted by atomic mass is 10.0. The Morgan fingerprint density at radius 3 is 2.80 bits per heavy atom. The molecular formula is C19H14N6. The van der Waals surface area contributed by atoms with E-state index in [-0.39, 0.29) is 0 Å². The fourth-order valence-electron chi connectivity index (χ4n) is 3.13. The van der Waals surface area contributed by atoms with Gasteiger partial charge in [-0.1, -0.05) is 6.07 Å². The largest absolute Gasteiger partial charge is 0.346 e. The zero-order chi connectivity index (χ0) is 16.8. The van der Waals surface area contributed by atoms with Crippen LogP contribution in [0.15, 0.2) is 61.6 Å². The number of H-pyrrole nitrogens is 1. The second-order valence-corrected chi connectivity index (χ2v) is 5.94. The smallest absolute Gasteiger partial charge is 0.233 e. The molecule has 5 heterocycles. The van der Waals surface area contributed by atoms with E-state index in [0.29, 0.717) is 5.78 Å². The van der Waals surface area contributed by atoms with Crippen molar-refractivity contribution in [1.82, 2.24) is 29.3 Å². The topological polar surface area (TPSA) is 71.8 Å². The SMILES string of the molecule is Cc1ncccc1-c1cnc2[nH]cc(-c3cnc4nccn4c3)c2c1. The van der Waals surface area contributed by atoms with Crippen molar-refractivity contribution < 1.29 is 0 Å². The lowest BCUT2D eigenvalue weighted by Crippen LogP contribution is -1.90. The van der Waals surface area contributed by atoms with Crippen LogP contribution in [0, 0.1) is 6.92 Å². The molecule has 5 rings (SSSR count). The van der Waals surface area contributed by atoms with Crippen molar-refractivity contribution in [3.8, 4) is 22.3 Å². The second-order valence-electron chi connectivity index (χ2n) is 5.94. The van der Waals surface area contributed by atoms with Gasteiger partial charge in [-0.3, -0.25) is 9.38 Å². The van der Waals surface area contributed by atoms with Crippen molar-refractivity contribution >= 4 is 16.8 Å². The first-order valence-electron chi connectivity index (χ1n) is 7.98. The normalized spacial score (nSPS) is 11.4. The standard InChI is InChI=1S/C19H14N6/c1-12-15(3-2-4-20-12)13-7-16-17(10-23-18(16)22-8-13)14-9-24-19-21-5-6-25(19)11-14/h2-11H,1H3,(H,22,23). The Kier molecular flexibility index (Phi) is 2.90. The maximum atomic E-state index is 4.57. The molecule has 0 atom stereocenters. The molecule has 120 valence electrons. The first kappa shape index (κ1) is 13.9. The Labute approximate surface area is 143 Å². The minimum absolute atomic E-state index is 0.688. The Morgan fingerprint density at radius 2 is 1.88 bits per heavy atom. The van der Waals surface area contributed by atoms with Gasteiger partial charge in [0.25, 0.3) is 0 Å². The van der Waals surface area contributed by atoms with Gasteiger partial charge in [-0.25, -0.2) is 15.0 Å². The number of hydrogen-bond donors (Lipinski definition) is 1. The Morgan fingerprint density at radius 1 is 0.960 bits per heavy atom. The van der Waals surface area contributed by atoms with E-state index in [1.807, 2.05) is 48.4 Å². The molecule has 0 amide bonds. The van der Waals surface area contributed by atoms with Gasteiger partial charge >= 0.3 is 0 Å². The highest BCUT2D eigenvalue weighted by molar-refractivity contribution is 5.95. The van der Waals surface area contributed by atoms with Gasteiger partial charge in [-0.15, -0.1) is 0 Å². The van der Waals surface area contributed by atoms with Gasteiger partial charge in [0.05, 0.1) is 0 Å². The molecule has 0 aliphatic carbocycles. The minimum Gasteiger partial charge on any atom is -0.346 e. The third-order valence-electron chi connectivity index (χ3n) is 4.41. The number of aromatic nitrogens is 6. The van der Waals surface area contributed by atoms with E-state index in [0.717, 1.165) is 39.0 Å². The third kappa shape index (κ3) is 2.19.